The second-order valence-corrected chi connectivity index (χ2v) is 2.74. The van der Waals surface area contributed by atoms with Gasteiger partial charge in [-0.2, -0.15) is 0 Å². The van der Waals surface area contributed by atoms with Gasteiger partial charge in [-0.1, -0.05) is 6.58 Å². The second-order valence-electron chi connectivity index (χ2n) is 2.74. The summed E-state index contributed by atoms with van der Waals surface area (Å²) in [7, 11) is 0. The molecule has 1 aliphatic heterocycles. The van der Waals surface area contributed by atoms with Crippen molar-refractivity contribution in [2.45, 2.75) is 12.2 Å². The maximum atomic E-state index is 5.44. The Balaban J connectivity index is 2.55. The Morgan fingerprint density at radius 1 is 1.58 bits per heavy atom. The van der Waals surface area contributed by atoms with E-state index < -0.39 is 5.79 Å². The minimum atomic E-state index is -1.02. The predicted octanol–water partition coefficient (Wildman–Crippen LogP) is 1.27. The Morgan fingerprint density at radius 2 is 2.17 bits per heavy atom. The number of terminal acetylenes is 1. The molecule has 0 aromatic carbocycles. The van der Waals surface area contributed by atoms with Gasteiger partial charge in [0.15, 0.2) is 0 Å². The van der Waals surface area contributed by atoms with Crippen LogP contribution in [0.15, 0.2) is 12.7 Å². The smallest absolute Gasteiger partial charge is 0.253 e. The normalized spacial score (nSPS) is 35.5. The molecule has 0 bridgehead atoms. The molecule has 2 radical (unpaired) electrons. The van der Waals surface area contributed by atoms with E-state index in [1.807, 2.05) is 0 Å². The summed E-state index contributed by atoms with van der Waals surface area (Å²) in [5.74, 6) is 1.63. The van der Waals surface area contributed by atoms with E-state index in [-0.39, 0.29) is 5.92 Å². The molecule has 64 valence electrons. The highest BCUT2D eigenvalue weighted by Gasteiger charge is 2.32. The Morgan fingerprint density at radius 3 is 2.50 bits per heavy atom. The van der Waals surface area contributed by atoms with Gasteiger partial charge >= 0.3 is 0 Å². The Hall–Kier alpha value is -0.780. The molecule has 0 spiro atoms. The Labute approximate surface area is 73.6 Å². The minimum absolute atomic E-state index is 0.242. The molecule has 0 N–H and O–H groups in total. The average molecular weight is 164 g/mol. The molecule has 2 heteroatoms. The minimum Gasteiger partial charge on any atom is -0.336 e. The molecule has 2 nitrogen and oxygen atoms in total. The third-order valence-corrected chi connectivity index (χ3v) is 1.87. The molecule has 12 heavy (non-hydrogen) atoms. The molecule has 0 aliphatic carbocycles. The fourth-order valence-electron chi connectivity index (χ4n) is 0.969. The van der Waals surface area contributed by atoms with Crippen LogP contribution in [0.1, 0.15) is 6.42 Å². The highest BCUT2D eigenvalue weighted by atomic mass is 16.7. The Kier molecular flexibility index (Phi) is 2.91. The van der Waals surface area contributed by atoms with Crippen LogP contribution in [0, 0.1) is 25.2 Å². The lowest BCUT2D eigenvalue weighted by atomic mass is 10.1. The van der Waals surface area contributed by atoms with Crippen LogP contribution < -0.4 is 0 Å². The van der Waals surface area contributed by atoms with Crippen molar-refractivity contribution in [3.8, 4) is 12.3 Å². The molecule has 0 unspecified atom stereocenters. The first-order chi connectivity index (χ1) is 5.76. The van der Waals surface area contributed by atoms with E-state index in [0.29, 0.717) is 19.6 Å². The quantitative estimate of drug-likeness (QED) is 0.452. The van der Waals surface area contributed by atoms with Gasteiger partial charge in [0.2, 0.25) is 0 Å². The van der Waals surface area contributed by atoms with Crippen LogP contribution in [-0.4, -0.2) is 19.0 Å². The summed E-state index contributed by atoms with van der Waals surface area (Å²) in [4.78, 5) is 0. The summed E-state index contributed by atoms with van der Waals surface area (Å²) in [6.45, 7) is 10.1. The van der Waals surface area contributed by atoms with Crippen molar-refractivity contribution in [2.24, 2.45) is 5.92 Å². The highest BCUT2D eigenvalue weighted by Crippen LogP contribution is 2.23. The molecule has 1 fully saturated rings. The van der Waals surface area contributed by atoms with Crippen molar-refractivity contribution in [1.29, 1.82) is 0 Å². The number of hydrogen-bond acceptors (Lipinski definition) is 2. The van der Waals surface area contributed by atoms with Crippen LogP contribution >= 0.6 is 0 Å². The van der Waals surface area contributed by atoms with E-state index >= 15 is 0 Å². The summed E-state index contributed by atoms with van der Waals surface area (Å²) in [5.41, 5.74) is 0. The lowest BCUT2D eigenvalue weighted by molar-refractivity contribution is -0.219. The standard InChI is InChI=1S/C10H12O2/c1-4-9-7-11-10(5-2,6-3)12-8-9/h1-2,6,9H,3-4,7-8H2. The van der Waals surface area contributed by atoms with Gasteiger partial charge in [0, 0.05) is 5.92 Å². The molecule has 1 saturated heterocycles. The zero-order chi connectivity index (χ0) is 9.03. The summed E-state index contributed by atoms with van der Waals surface area (Å²) < 4.78 is 10.6. The van der Waals surface area contributed by atoms with Gasteiger partial charge in [0.25, 0.3) is 5.79 Å². The third-order valence-electron chi connectivity index (χ3n) is 1.87. The second kappa shape index (κ2) is 3.75. The van der Waals surface area contributed by atoms with E-state index in [4.69, 9.17) is 22.8 Å². The van der Waals surface area contributed by atoms with Crippen LogP contribution in [0.2, 0.25) is 0 Å². The van der Waals surface area contributed by atoms with Crippen molar-refractivity contribution in [1.82, 2.24) is 0 Å². The SMILES string of the molecule is [CH]CC1COC(C#C)(C=C)OC1. The molecule has 1 heterocycles. The number of ether oxygens (including phenoxy) is 2. The van der Waals surface area contributed by atoms with Gasteiger partial charge in [-0.25, -0.2) is 0 Å². The van der Waals surface area contributed by atoms with Gasteiger partial charge in [-0.15, -0.1) is 6.42 Å². The number of hydrogen-bond donors (Lipinski definition) is 0. The summed E-state index contributed by atoms with van der Waals surface area (Å²) in [6.07, 6.45) is 7.27. The highest BCUT2D eigenvalue weighted by molar-refractivity contribution is 5.13. The van der Waals surface area contributed by atoms with Crippen molar-refractivity contribution in [3.63, 3.8) is 0 Å². The third kappa shape index (κ3) is 1.69. The van der Waals surface area contributed by atoms with E-state index in [9.17, 15) is 0 Å². The van der Waals surface area contributed by atoms with Crippen LogP contribution in [-0.2, 0) is 9.47 Å². The van der Waals surface area contributed by atoms with E-state index in [2.05, 4.69) is 12.5 Å². The molecular formula is C10H12O2. The van der Waals surface area contributed by atoms with Crippen LogP contribution in [0.5, 0.6) is 0 Å². The predicted molar refractivity (Wildman–Crippen MR) is 46.1 cm³/mol. The fraction of sp³-hybridized carbons (Fsp3) is 0.500. The number of rotatable bonds is 2. The van der Waals surface area contributed by atoms with Crippen molar-refractivity contribution < 1.29 is 9.47 Å². The molecule has 0 aromatic rings. The van der Waals surface area contributed by atoms with Crippen molar-refractivity contribution in [3.05, 3.63) is 19.6 Å². The zero-order valence-electron chi connectivity index (χ0n) is 6.95. The summed E-state index contributed by atoms with van der Waals surface area (Å²) >= 11 is 0. The van der Waals surface area contributed by atoms with Crippen molar-refractivity contribution in [2.75, 3.05) is 13.2 Å². The van der Waals surface area contributed by atoms with Gasteiger partial charge in [0.1, 0.15) is 0 Å². The van der Waals surface area contributed by atoms with Gasteiger partial charge < -0.3 is 9.47 Å². The van der Waals surface area contributed by atoms with E-state index in [1.165, 1.54) is 6.08 Å². The van der Waals surface area contributed by atoms with E-state index in [1.54, 1.807) is 0 Å². The summed E-state index contributed by atoms with van der Waals surface area (Å²) in [6, 6.07) is 0. The summed E-state index contributed by atoms with van der Waals surface area (Å²) in [5, 5.41) is 0. The topological polar surface area (TPSA) is 18.5 Å². The molecular weight excluding hydrogens is 152 g/mol. The first kappa shape index (κ1) is 9.31. The molecule has 0 saturated carbocycles. The van der Waals surface area contributed by atoms with E-state index in [0.717, 1.165) is 0 Å². The maximum absolute atomic E-state index is 5.44. The molecule has 1 aliphatic rings. The van der Waals surface area contributed by atoms with Gasteiger partial charge in [-0.05, 0) is 25.3 Å². The van der Waals surface area contributed by atoms with Crippen LogP contribution in [0.4, 0.5) is 0 Å². The van der Waals surface area contributed by atoms with Gasteiger partial charge in [0.05, 0.1) is 13.2 Å². The first-order valence-electron chi connectivity index (χ1n) is 3.85. The maximum Gasteiger partial charge on any atom is 0.253 e. The van der Waals surface area contributed by atoms with Crippen LogP contribution in [0.3, 0.4) is 0 Å². The van der Waals surface area contributed by atoms with Crippen molar-refractivity contribution >= 4 is 0 Å². The molecule has 0 atom stereocenters. The van der Waals surface area contributed by atoms with Crippen LogP contribution in [0.25, 0.3) is 0 Å². The zero-order valence-corrected chi connectivity index (χ0v) is 6.95. The lowest BCUT2D eigenvalue weighted by Crippen LogP contribution is -2.41. The van der Waals surface area contributed by atoms with Gasteiger partial charge in [-0.3, -0.25) is 0 Å². The fourth-order valence-corrected chi connectivity index (χ4v) is 0.969. The molecule has 0 amide bonds. The average Bonchev–Trinajstić information content (AvgIpc) is 2.18. The molecule has 0 aromatic heterocycles. The first-order valence-corrected chi connectivity index (χ1v) is 3.85. The molecule has 1 rings (SSSR count). The largest absolute Gasteiger partial charge is 0.336 e. The monoisotopic (exact) mass is 164 g/mol. The Bertz CT molecular complexity index is 194. The lowest BCUT2D eigenvalue weighted by Gasteiger charge is -2.33.